The highest BCUT2D eigenvalue weighted by Gasteiger charge is 2.30. The number of fused-ring (bicyclic) bond motifs is 1. The van der Waals surface area contributed by atoms with E-state index in [0.717, 1.165) is 60.6 Å². The standard InChI is InChI=1S/C27H37N3O5S/c1-34-26-20-23-12-14-28-13-11-22(23)19-25(26)30(36(2,32)33)27(31)21-7-9-24(10-8-21)35-18-6-17-29-15-4-3-5-16-29/h7-10,19-20,28H,3-6,11-18H2,1-2H3. The highest BCUT2D eigenvalue weighted by Crippen LogP contribution is 2.35. The second kappa shape index (κ2) is 12.1. The van der Waals surface area contributed by atoms with Gasteiger partial charge in [0.15, 0.2) is 0 Å². The summed E-state index contributed by atoms with van der Waals surface area (Å²) in [5.41, 5.74) is 2.62. The summed E-state index contributed by atoms with van der Waals surface area (Å²) >= 11 is 0. The van der Waals surface area contributed by atoms with Crippen molar-refractivity contribution in [3.8, 4) is 11.5 Å². The number of ether oxygens (including phenoxy) is 2. The number of carbonyl (C=O) groups is 1. The molecule has 0 bridgehead atoms. The maximum Gasteiger partial charge on any atom is 0.272 e. The third-order valence-corrected chi connectivity index (χ3v) is 7.84. The Labute approximate surface area is 214 Å². The summed E-state index contributed by atoms with van der Waals surface area (Å²) in [7, 11) is -2.43. The Balaban J connectivity index is 1.48. The molecule has 0 spiro atoms. The fourth-order valence-corrected chi connectivity index (χ4v) is 5.83. The second-order valence-electron chi connectivity index (χ2n) is 9.50. The van der Waals surface area contributed by atoms with Crippen LogP contribution in [0, 0.1) is 0 Å². The number of nitrogens with zero attached hydrogens (tertiary/aromatic N) is 2. The Bertz CT molecular complexity index is 1140. The number of sulfonamides is 1. The predicted molar refractivity (Wildman–Crippen MR) is 142 cm³/mol. The first-order valence-corrected chi connectivity index (χ1v) is 14.6. The fourth-order valence-electron chi connectivity index (χ4n) is 4.92. The van der Waals surface area contributed by atoms with Gasteiger partial charge < -0.3 is 19.7 Å². The molecule has 1 fully saturated rings. The van der Waals surface area contributed by atoms with Crippen LogP contribution in [-0.4, -0.2) is 71.9 Å². The maximum absolute atomic E-state index is 13.5. The number of nitrogens with one attached hydrogen (secondary N) is 1. The third-order valence-electron chi connectivity index (χ3n) is 6.82. The molecule has 0 saturated carbocycles. The Morgan fingerprint density at radius 3 is 2.33 bits per heavy atom. The molecule has 2 heterocycles. The largest absolute Gasteiger partial charge is 0.495 e. The molecule has 0 aromatic heterocycles. The molecule has 1 amide bonds. The zero-order valence-electron chi connectivity index (χ0n) is 21.3. The van der Waals surface area contributed by atoms with Gasteiger partial charge in [0.2, 0.25) is 10.0 Å². The number of benzene rings is 2. The predicted octanol–water partition coefficient (Wildman–Crippen LogP) is 3.24. The monoisotopic (exact) mass is 515 g/mol. The van der Waals surface area contributed by atoms with Crippen molar-refractivity contribution in [2.75, 3.05) is 57.0 Å². The number of amides is 1. The summed E-state index contributed by atoms with van der Waals surface area (Å²) in [6.07, 6.45) is 7.42. The van der Waals surface area contributed by atoms with E-state index in [1.807, 2.05) is 6.07 Å². The van der Waals surface area contributed by atoms with Crippen molar-refractivity contribution in [3.63, 3.8) is 0 Å². The van der Waals surface area contributed by atoms with Gasteiger partial charge in [0.05, 0.1) is 20.0 Å². The van der Waals surface area contributed by atoms with Gasteiger partial charge in [0, 0.05) is 12.1 Å². The van der Waals surface area contributed by atoms with Crippen LogP contribution in [-0.2, 0) is 22.9 Å². The van der Waals surface area contributed by atoms with Crippen LogP contribution in [0.1, 0.15) is 47.2 Å². The number of carbonyl (C=O) groups excluding carboxylic acids is 1. The van der Waals surface area contributed by atoms with Crippen LogP contribution < -0.4 is 19.1 Å². The molecule has 2 aromatic rings. The molecule has 1 saturated heterocycles. The first kappa shape index (κ1) is 26.4. The van der Waals surface area contributed by atoms with Crippen molar-refractivity contribution < 1.29 is 22.7 Å². The quantitative estimate of drug-likeness (QED) is 0.513. The van der Waals surface area contributed by atoms with Crippen LogP contribution in [0.4, 0.5) is 5.69 Å². The van der Waals surface area contributed by atoms with Gasteiger partial charge in [-0.1, -0.05) is 6.42 Å². The normalized spacial score (nSPS) is 16.6. The summed E-state index contributed by atoms with van der Waals surface area (Å²) in [5, 5.41) is 3.35. The van der Waals surface area contributed by atoms with E-state index in [4.69, 9.17) is 9.47 Å². The number of likely N-dealkylation sites (tertiary alicyclic amines) is 1. The molecular weight excluding hydrogens is 478 g/mol. The molecule has 196 valence electrons. The molecule has 0 unspecified atom stereocenters. The lowest BCUT2D eigenvalue weighted by atomic mass is 10.0. The van der Waals surface area contributed by atoms with Gasteiger partial charge in [-0.15, -0.1) is 0 Å². The van der Waals surface area contributed by atoms with Gasteiger partial charge >= 0.3 is 0 Å². The highest BCUT2D eigenvalue weighted by atomic mass is 32.2. The summed E-state index contributed by atoms with van der Waals surface area (Å²) in [4.78, 5) is 15.9. The van der Waals surface area contributed by atoms with E-state index in [9.17, 15) is 13.2 Å². The van der Waals surface area contributed by atoms with Crippen molar-refractivity contribution in [2.45, 2.75) is 38.5 Å². The molecule has 1 N–H and O–H groups in total. The number of piperidine rings is 1. The van der Waals surface area contributed by atoms with E-state index in [0.29, 0.717) is 18.1 Å². The van der Waals surface area contributed by atoms with E-state index in [-0.39, 0.29) is 11.3 Å². The Kier molecular flexibility index (Phi) is 8.87. The smallest absolute Gasteiger partial charge is 0.272 e. The summed E-state index contributed by atoms with van der Waals surface area (Å²) in [5.74, 6) is 0.397. The zero-order chi connectivity index (χ0) is 25.5. The van der Waals surface area contributed by atoms with Gasteiger partial charge in [0.25, 0.3) is 5.91 Å². The number of methoxy groups -OCH3 is 1. The van der Waals surface area contributed by atoms with Crippen LogP contribution >= 0.6 is 0 Å². The molecule has 2 aliphatic heterocycles. The third kappa shape index (κ3) is 6.57. The average Bonchev–Trinajstić information content (AvgIpc) is 3.11. The minimum Gasteiger partial charge on any atom is -0.495 e. The van der Waals surface area contributed by atoms with E-state index >= 15 is 0 Å². The summed E-state index contributed by atoms with van der Waals surface area (Å²) < 4.78 is 37.9. The van der Waals surface area contributed by atoms with Crippen LogP contribution in [0.3, 0.4) is 0 Å². The first-order valence-electron chi connectivity index (χ1n) is 12.8. The molecule has 0 atom stereocenters. The molecular formula is C27H37N3O5S. The summed E-state index contributed by atoms with van der Waals surface area (Å²) in [6, 6.07) is 10.3. The fraction of sp³-hybridized carbons (Fsp3) is 0.519. The van der Waals surface area contributed by atoms with Gasteiger partial charge in [0.1, 0.15) is 17.2 Å². The van der Waals surface area contributed by atoms with Gasteiger partial charge in [-0.3, -0.25) is 4.79 Å². The first-order chi connectivity index (χ1) is 17.4. The van der Waals surface area contributed by atoms with E-state index in [1.165, 1.54) is 39.5 Å². The Morgan fingerprint density at radius 1 is 1.03 bits per heavy atom. The minimum absolute atomic E-state index is 0.240. The molecule has 4 rings (SSSR count). The Hall–Kier alpha value is -2.62. The van der Waals surface area contributed by atoms with Crippen LogP contribution in [0.2, 0.25) is 0 Å². The second-order valence-corrected chi connectivity index (χ2v) is 11.3. The van der Waals surface area contributed by atoms with Crippen LogP contribution in [0.5, 0.6) is 11.5 Å². The van der Waals surface area contributed by atoms with Crippen molar-refractivity contribution in [1.29, 1.82) is 0 Å². The van der Waals surface area contributed by atoms with E-state index < -0.39 is 15.9 Å². The molecule has 2 aromatic carbocycles. The highest BCUT2D eigenvalue weighted by molar-refractivity contribution is 7.92. The van der Waals surface area contributed by atoms with Gasteiger partial charge in [-0.25, -0.2) is 8.42 Å². The Morgan fingerprint density at radius 2 is 1.69 bits per heavy atom. The SMILES string of the molecule is COc1cc2c(cc1N(C(=O)c1ccc(OCCCN3CCCCC3)cc1)S(C)(=O)=O)CCNCC2. The molecule has 2 aliphatic rings. The molecule has 0 radical (unpaired) electrons. The van der Waals surface area contributed by atoms with Crippen LogP contribution in [0.15, 0.2) is 36.4 Å². The molecule has 36 heavy (non-hydrogen) atoms. The lowest BCUT2D eigenvalue weighted by Crippen LogP contribution is -2.36. The molecule has 0 aliphatic carbocycles. The lowest BCUT2D eigenvalue weighted by Gasteiger charge is -2.26. The number of hydrogen-bond donors (Lipinski definition) is 1. The van der Waals surface area contributed by atoms with Gasteiger partial charge in [-0.2, -0.15) is 4.31 Å². The molecule has 9 heteroatoms. The maximum atomic E-state index is 13.5. The number of rotatable bonds is 9. The molecule has 8 nitrogen and oxygen atoms in total. The van der Waals surface area contributed by atoms with Gasteiger partial charge in [-0.05, 0) is 106 Å². The summed E-state index contributed by atoms with van der Waals surface area (Å²) in [6.45, 7) is 5.60. The minimum atomic E-state index is -3.92. The van der Waals surface area contributed by atoms with Crippen molar-refractivity contribution in [2.24, 2.45) is 0 Å². The zero-order valence-corrected chi connectivity index (χ0v) is 22.1. The lowest BCUT2D eigenvalue weighted by molar-refractivity contribution is 0.100. The topological polar surface area (TPSA) is 88.2 Å². The number of anilines is 1. The van der Waals surface area contributed by atoms with Crippen molar-refractivity contribution in [3.05, 3.63) is 53.1 Å². The van der Waals surface area contributed by atoms with Crippen molar-refractivity contribution in [1.82, 2.24) is 10.2 Å². The van der Waals surface area contributed by atoms with E-state index in [1.54, 1.807) is 30.3 Å². The van der Waals surface area contributed by atoms with E-state index in [2.05, 4.69) is 10.2 Å². The average molecular weight is 516 g/mol. The van der Waals surface area contributed by atoms with Crippen LogP contribution in [0.25, 0.3) is 0 Å². The number of hydrogen-bond acceptors (Lipinski definition) is 7. The van der Waals surface area contributed by atoms with Crippen molar-refractivity contribution >= 4 is 21.6 Å².